The Morgan fingerprint density at radius 2 is 1.92 bits per heavy atom. The van der Waals surface area contributed by atoms with Crippen LogP contribution in [0.1, 0.15) is 20.3 Å². The Labute approximate surface area is 146 Å². The Balaban J connectivity index is 1.75. The van der Waals surface area contributed by atoms with Crippen LogP contribution in [0.2, 0.25) is 0 Å². The Hall–Kier alpha value is -1.96. The molecule has 3 rings (SSSR count). The van der Waals surface area contributed by atoms with Crippen LogP contribution < -0.4 is 10.1 Å². The molecule has 1 N–H and O–H groups in total. The van der Waals surface area contributed by atoms with Crippen molar-refractivity contribution in [2.24, 2.45) is 5.92 Å². The summed E-state index contributed by atoms with van der Waals surface area (Å²) in [6.45, 7) is 3.97. The van der Waals surface area contributed by atoms with Crippen LogP contribution in [-0.4, -0.2) is 49.6 Å². The Morgan fingerprint density at radius 1 is 1.20 bits per heavy atom. The first-order chi connectivity index (χ1) is 11.9. The van der Waals surface area contributed by atoms with Crippen molar-refractivity contribution in [3.63, 3.8) is 0 Å². The van der Waals surface area contributed by atoms with Gasteiger partial charge in [0.25, 0.3) is 0 Å². The molecule has 0 amide bonds. The van der Waals surface area contributed by atoms with Gasteiger partial charge in [0.1, 0.15) is 17.9 Å². The van der Waals surface area contributed by atoms with Crippen molar-refractivity contribution in [1.82, 2.24) is 5.32 Å². The number of hydrogen-bond donors (Lipinski definition) is 1. The van der Waals surface area contributed by atoms with Gasteiger partial charge in [-0.15, -0.1) is 0 Å². The maximum Gasteiger partial charge on any atom is 0.322 e. The number of methoxy groups -OCH3 is 1. The lowest BCUT2D eigenvalue weighted by Gasteiger charge is -2.25. The maximum absolute atomic E-state index is 12.7. The summed E-state index contributed by atoms with van der Waals surface area (Å²) in [6, 6.07) is 7.90. The van der Waals surface area contributed by atoms with E-state index in [1.807, 2.05) is 19.9 Å². The summed E-state index contributed by atoms with van der Waals surface area (Å²) in [6.07, 6.45) is -0.0542. The summed E-state index contributed by atoms with van der Waals surface area (Å²) in [5.41, 5.74) is 0. The minimum atomic E-state index is -0.719. The number of carbonyl (C=O) groups excluding carboxylic acids is 2. The van der Waals surface area contributed by atoms with Crippen molar-refractivity contribution in [1.29, 1.82) is 0 Å². The summed E-state index contributed by atoms with van der Waals surface area (Å²) in [5, 5.41) is 3.16. The lowest BCUT2D eigenvalue weighted by Crippen LogP contribution is -2.47. The van der Waals surface area contributed by atoms with Gasteiger partial charge < -0.3 is 18.9 Å². The second-order valence-corrected chi connectivity index (χ2v) is 6.71. The van der Waals surface area contributed by atoms with E-state index in [9.17, 15) is 9.59 Å². The van der Waals surface area contributed by atoms with Crippen LogP contribution in [0, 0.1) is 5.92 Å². The van der Waals surface area contributed by atoms with Gasteiger partial charge in [-0.3, -0.25) is 14.9 Å². The summed E-state index contributed by atoms with van der Waals surface area (Å²) in [4.78, 5) is 24.6. The van der Waals surface area contributed by atoms with Crippen LogP contribution in [-0.2, 0) is 23.8 Å². The molecular formula is C18H23NO6. The molecule has 0 bridgehead atoms. The minimum Gasteiger partial charge on any atom is -0.468 e. The SMILES string of the molecule is COC(=O)C1CC(C(=O)Oc2ccccc2)C(C2COC(C)(C)O2)N1. The van der Waals surface area contributed by atoms with E-state index in [-0.39, 0.29) is 12.1 Å². The van der Waals surface area contributed by atoms with Crippen LogP contribution >= 0.6 is 0 Å². The molecule has 7 nitrogen and oxygen atoms in total. The van der Waals surface area contributed by atoms with Crippen LogP contribution in [0.25, 0.3) is 0 Å². The molecule has 0 aromatic heterocycles. The quantitative estimate of drug-likeness (QED) is 0.647. The topological polar surface area (TPSA) is 83.1 Å². The lowest BCUT2D eigenvalue weighted by molar-refractivity contribution is -0.149. The number of benzene rings is 1. The third-order valence-electron chi connectivity index (χ3n) is 4.50. The standard InChI is InChI=1S/C18H23NO6/c1-18(2)23-10-14(25-18)15-12(9-13(19-15)17(21)22-3)16(20)24-11-7-5-4-6-8-11/h4-8,12-15,19H,9-10H2,1-3H3. The number of carbonyl (C=O) groups is 2. The van der Waals surface area contributed by atoms with Gasteiger partial charge in [0.05, 0.1) is 19.6 Å². The van der Waals surface area contributed by atoms with Crippen molar-refractivity contribution in [2.75, 3.05) is 13.7 Å². The maximum atomic E-state index is 12.7. The van der Waals surface area contributed by atoms with E-state index < -0.39 is 29.7 Å². The smallest absolute Gasteiger partial charge is 0.322 e. The molecule has 0 spiro atoms. The molecule has 1 aromatic rings. The fourth-order valence-corrected chi connectivity index (χ4v) is 3.31. The summed E-state index contributed by atoms with van der Waals surface area (Å²) in [7, 11) is 1.33. The third kappa shape index (κ3) is 4.00. The second-order valence-electron chi connectivity index (χ2n) is 6.71. The van der Waals surface area contributed by atoms with Crippen molar-refractivity contribution in [3.05, 3.63) is 30.3 Å². The average Bonchev–Trinajstić information content (AvgIpc) is 3.18. The van der Waals surface area contributed by atoms with E-state index >= 15 is 0 Å². The van der Waals surface area contributed by atoms with E-state index in [1.165, 1.54) is 7.11 Å². The van der Waals surface area contributed by atoms with Crippen molar-refractivity contribution in [3.8, 4) is 5.75 Å². The van der Waals surface area contributed by atoms with Crippen LogP contribution in [0.5, 0.6) is 5.75 Å². The fourth-order valence-electron chi connectivity index (χ4n) is 3.31. The van der Waals surface area contributed by atoms with Crippen LogP contribution in [0.3, 0.4) is 0 Å². The predicted octanol–water partition coefficient (Wildman–Crippen LogP) is 1.26. The Bertz CT molecular complexity index is 632. The highest BCUT2D eigenvalue weighted by atomic mass is 16.7. The van der Waals surface area contributed by atoms with Gasteiger partial charge in [-0.1, -0.05) is 18.2 Å². The van der Waals surface area contributed by atoms with Gasteiger partial charge in [0, 0.05) is 6.04 Å². The van der Waals surface area contributed by atoms with Gasteiger partial charge in [0.2, 0.25) is 0 Å². The van der Waals surface area contributed by atoms with Gasteiger partial charge >= 0.3 is 11.9 Å². The van der Waals surface area contributed by atoms with E-state index in [1.54, 1.807) is 24.3 Å². The molecule has 2 saturated heterocycles. The van der Waals surface area contributed by atoms with Crippen molar-refractivity contribution >= 4 is 11.9 Å². The summed E-state index contributed by atoms with van der Waals surface area (Å²) in [5.74, 6) is -1.59. The normalized spacial score (nSPS) is 30.8. The largest absolute Gasteiger partial charge is 0.468 e. The van der Waals surface area contributed by atoms with Crippen LogP contribution in [0.15, 0.2) is 30.3 Å². The number of nitrogens with one attached hydrogen (secondary N) is 1. The highest BCUT2D eigenvalue weighted by Crippen LogP contribution is 2.33. The van der Waals surface area contributed by atoms with E-state index in [2.05, 4.69) is 5.32 Å². The first-order valence-corrected chi connectivity index (χ1v) is 8.32. The zero-order valence-electron chi connectivity index (χ0n) is 14.6. The van der Waals surface area contributed by atoms with Gasteiger partial charge in [0.15, 0.2) is 5.79 Å². The molecule has 0 aliphatic carbocycles. The average molecular weight is 349 g/mol. The molecule has 4 unspecified atom stereocenters. The van der Waals surface area contributed by atoms with Gasteiger partial charge in [-0.25, -0.2) is 0 Å². The molecule has 2 fully saturated rings. The molecule has 7 heteroatoms. The highest BCUT2D eigenvalue weighted by Gasteiger charge is 2.50. The molecule has 2 aliphatic heterocycles. The van der Waals surface area contributed by atoms with E-state index in [4.69, 9.17) is 18.9 Å². The Kier molecular flexibility index (Phi) is 5.08. The molecule has 2 aliphatic rings. The van der Waals surface area contributed by atoms with Crippen molar-refractivity contribution in [2.45, 2.75) is 44.2 Å². The second kappa shape index (κ2) is 7.11. The molecule has 25 heavy (non-hydrogen) atoms. The van der Waals surface area contributed by atoms with Gasteiger partial charge in [-0.2, -0.15) is 0 Å². The lowest BCUT2D eigenvalue weighted by atomic mass is 9.95. The zero-order valence-corrected chi connectivity index (χ0v) is 14.6. The van der Waals surface area contributed by atoms with E-state index in [0.717, 1.165) is 0 Å². The first kappa shape index (κ1) is 17.8. The number of para-hydroxylation sites is 1. The monoisotopic (exact) mass is 349 g/mol. The molecule has 2 heterocycles. The number of hydrogen-bond acceptors (Lipinski definition) is 7. The molecular weight excluding hydrogens is 326 g/mol. The Morgan fingerprint density at radius 3 is 2.52 bits per heavy atom. The first-order valence-electron chi connectivity index (χ1n) is 8.32. The minimum absolute atomic E-state index is 0.295. The molecule has 0 saturated carbocycles. The highest BCUT2D eigenvalue weighted by molar-refractivity contribution is 5.81. The number of ether oxygens (including phenoxy) is 4. The van der Waals surface area contributed by atoms with Gasteiger partial charge in [-0.05, 0) is 32.4 Å². The summed E-state index contributed by atoms with van der Waals surface area (Å²) < 4.78 is 21.8. The molecule has 136 valence electrons. The van der Waals surface area contributed by atoms with Crippen LogP contribution in [0.4, 0.5) is 0 Å². The zero-order chi connectivity index (χ0) is 18.0. The van der Waals surface area contributed by atoms with E-state index in [0.29, 0.717) is 18.8 Å². The predicted molar refractivity (Wildman–Crippen MR) is 87.8 cm³/mol. The number of esters is 2. The number of rotatable bonds is 4. The summed E-state index contributed by atoms with van der Waals surface area (Å²) >= 11 is 0. The fraction of sp³-hybridized carbons (Fsp3) is 0.556. The molecule has 4 atom stereocenters. The van der Waals surface area contributed by atoms with Crippen molar-refractivity contribution < 1.29 is 28.5 Å². The molecule has 1 aromatic carbocycles. The molecule has 0 radical (unpaired) electrons. The third-order valence-corrected chi connectivity index (χ3v) is 4.50.